The first-order chi connectivity index (χ1) is 9.70. The molecule has 1 N–H and O–H groups in total. The minimum absolute atomic E-state index is 0.368. The lowest BCUT2D eigenvalue weighted by molar-refractivity contribution is 0.116. The maximum atomic E-state index is 5.68. The van der Waals surface area contributed by atoms with Gasteiger partial charge in [-0.05, 0) is 19.8 Å². The molecule has 1 saturated heterocycles. The molecule has 1 aliphatic heterocycles. The second-order valence-electron chi connectivity index (χ2n) is 5.19. The van der Waals surface area contributed by atoms with Gasteiger partial charge in [0.15, 0.2) is 5.13 Å². The fourth-order valence-corrected chi connectivity index (χ4v) is 3.29. The molecule has 1 aromatic heterocycles. The number of aromatic nitrogens is 1. The summed E-state index contributed by atoms with van der Waals surface area (Å²) in [4.78, 5) is 8.18. The number of likely N-dealkylation sites (N-methyl/N-ethyl adjacent to an activating group) is 1. The molecular formula is C14H25N3O2S. The Morgan fingerprint density at radius 3 is 3.10 bits per heavy atom. The highest BCUT2D eigenvalue weighted by atomic mass is 32.1. The Morgan fingerprint density at radius 1 is 1.55 bits per heavy atom. The third-order valence-corrected chi connectivity index (χ3v) is 4.75. The number of methoxy groups -OCH3 is 1. The molecule has 114 valence electrons. The number of hydrogen-bond donors (Lipinski definition) is 1. The minimum atomic E-state index is 0.368. The Kier molecular flexibility index (Phi) is 6.22. The molecule has 5 nitrogen and oxygen atoms in total. The van der Waals surface area contributed by atoms with Crippen molar-refractivity contribution in [1.29, 1.82) is 0 Å². The van der Waals surface area contributed by atoms with Crippen molar-refractivity contribution >= 4 is 16.5 Å². The Bertz CT molecular complexity index is 405. The van der Waals surface area contributed by atoms with Gasteiger partial charge in [0.1, 0.15) is 0 Å². The predicted octanol–water partition coefficient (Wildman–Crippen LogP) is 1.80. The van der Waals surface area contributed by atoms with Crippen LogP contribution in [0.25, 0.3) is 0 Å². The van der Waals surface area contributed by atoms with Crippen LogP contribution < -0.4 is 10.2 Å². The predicted molar refractivity (Wildman–Crippen MR) is 82.7 cm³/mol. The van der Waals surface area contributed by atoms with Gasteiger partial charge in [0.05, 0.1) is 18.4 Å². The van der Waals surface area contributed by atoms with Gasteiger partial charge in [-0.2, -0.15) is 0 Å². The van der Waals surface area contributed by atoms with E-state index in [1.807, 2.05) is 0 Å². The molecule has 0 radical (unpaired) electrons. The number of ether oxygens (including phenoxy) is 2. The van der Waals surface area contributed by atoms with Gasteiger partial charge >= 0.3 is 0 Å². The van der Waals surface area contributed by atoms with Gasteiger partial charge in [-0.15, -0.1) is 11.3 Å². The van der Waals surface area contributed by atoms with E-state index in [9.17, 15) is 0 Å². The van der Waals surface area contributed by atoms with Crippen LogP contribution in [0, 0.1) is 6.92 Å². The van der Waals surface area contributed by atoms with Crippen LogP contribution in [0.2, 0.25) is 0 Å². The number of nitrogens with zero attached hydrogens (tertiary/aromatic N) is 2. The van der Waals surface area contributed by atoms with Gasteiger partial charge in [0.25, 0.3) is 0 Å². The number of thiazole rings is 1. The van der Waals surface area contributed by atoms with Crippen LogP contribution in [0.5, 0.6) is 0 Å². The molecule has 0 aliphatic carbocycles. The van der Waals surface area contributed by atoms with Crippen LogP contribution in [-0.2, 0) is 16.0 Å². The largest absolute Gasteiger partial charge is 0.383 e. The van der Waals surface area contributed by atoms with Gasteiger partial charge in [-0.3, -0.25) is 0 Å². The molecule has 2 heterocycles. The number of nitrogens with one attached hydrogen (secondary N) is 1. The van der Waals surface area contributed by atoms with Crippen molar-refractivity contribution in [2.24, 2.45) is 0 Å². The van der Waals surface area contributed by atoms with Crippen LogP contribution in [0.15, 0.2) is 0 Å². The highest BCUT2D eigenvalue weighted by Gasteiger charge is 2.19. The monoisotopic (exact) mass is 299 g/mol. The van der Waals surface area contributed by atoms with Crippen molar-refractivity contribution in [2.75, 3.05) is 45.4 Å². The summed E-state index contributed by atoms with van der Waals surface area (Å²) in [7, 11) is 3.82. The summed E-state index contributed by atoms with van der Waals surface area (Å²) in [6.45, 7) is 6.39. The molecule has 0 aromatic carbocycles. The van der Waals surface area contributed by atoms with E-state index in [0.29, 0.717) is 6.10 Å². The third-order valence-electron chi connectivity index (χ3n) is 3.48. The van der Waals surface area contributed by atoms with Crippen molar-refractivity contribution in [1.82, 2.24) is 10.3 Å². The summed E-state index contributed by atoms with van der Waals surface area (Å²) in [6, 6.07) is 0. The van der Waals surface area contributed by atoms with Crippen LogP contribution >= 0.6 is 11.3 Å². The molecular weight excluding hydrogens is 274 g/mol. The quantitative estimate of drug-likeness (QED) is 0.742. The van der Waals surface area contributed by atoms with Gasteiger partial charge < -0.3 is 19.7 Å². The first-order valence-electron chi connectivity index (χ1n) is 7.19. The van der Waals surface area contributed by atoms with E-state index in [1.165, 1.54) is 17.7 Å². The molecule has 0 saturated carbocycles. The molecule has 0 bridgehead atoms. The van der Waals surface area contributed by atoms with Crippen molar-refractivity contribution in [2.45, 2.75) is 32.4 Å². The summed E-state index contributed by atoms with van der Waals surface area (Å²) in [5.74, 6) is 0. The highest BCUT2D eigenvalue weighted by Crippen LogP contribution is 2.26. The maximum absolute atomic E-state index is 5.68. The van der Waals surface area contributed by atoms with E-state index in [2.05, 4.69) is 29.2 Å². The molecule has 2 rings (SSSR count). The number of hydrogen-bond acceptors (Lipinski definition) is 6. The molecule has 1 unspecified atom stereocenters. The Hall–Kier alpha value is -0.690. The molecule has 1 aliphatic rings. The minimum Gasteiger partial charge on any atom is -0.383 e. The van der Waals surface area contributed by atoms with Crippen molar-refractivity contribution in [3.8, 4) is 0 Å². The van der Waals surface area contributed by atoms with Gasteiger partial charge in [-0.1, -0.05) is 0 Å². The molecule has 1 fully saturated rings. The van der Waals surface area contributed by atoms with E-state index in [1.54, 1.807) is 18.4 Å². The Labute approximate surface area is 125 Å². The number of anilines is 1. The second-order valence-corrected chi connectivity index (χ2v) is 6.25. The molecule has 20 heavy (non-hydrogen) atoms. The number of rotatable bonds is 8. The van der Waals surface area contributed by atoms with Crippen LogP contribution in [0.4, 0.5) is 5.13 Å². The van der Waals surface area contributed by atoms with E-state index in [0.717, 1.165) is 43.7 Å². The molecule has 1 aromatic rings. The average molecular weight is 299 g/mol. The van der Waals surface area contributed by atoms with E-state index in [4.69, 9.17) is 9.47 Å². The van der Waals surface area contributed by atoms with Gasteiger partial charge in [0.2, 0.25) is 0 Å². The van der Waals surface area contributed by atoms with E-state index < -0.39 is 0 Å². The average Bonchev–Trinajstić information content (AvgIpc) is 3.05. The zero-order valence-corrected chi connectivity index (χ0v) is 13.5. The Balaban J connectivity index is 1.85. The summed E-state index contributed by atoms with van der Waals surface area (Å²) >= 11 is 1.76. The molecule has 0 spiro atoms. The summed E-state index contributed by atoms with van der Waals surface area (Å²) in [5, 5.41) is 4.46. The standard InChI is InChI=1S/C14H25N3O2S/c1-11-13(9-15-6-8-18-3)20-14(16-11)17(2)10-12-5-4-7-19-12/h12,15H,4-10H2,1-3H3. The SMILES string of the molecule is COCCNCc1sc(N(C)CC2CCCO2)nc1C. The van der Waals surface area contributed by atoms with Gasteiger partial charge in [-0.25, -0.2) is 4.98 Å². The maximum Gasteiger partial charge on any atom is 0.185 e. The third kappa shape index (κ3) is 4.41. The van der Waals surface area contributed by atoms with Crippen molar-refractivity contribution in [3.05, 3.63) is 10.6 Å². The van der Waals surface area contributed by atoms with Crippen LogP contribution in [-0.4, -0.2) is 51.5 Å². The zero-order valence-electron chi connectivity index (χ0n) is 12.6. The fourth-order valence-electron chi connectivity index (χ4n) is 2.29. The van der Waals surface area contributed by atoms with Crippen LogP contribution in [0.1, 0.15) is 23.4 Å². The second kappa shape index (κ2) is 7.93. The van der Waals surface area contributed by atoms with Crippen LogP contribution in [0.3, 0.4) is 0 Å². The first-order valence-corrected chi connectivity index (χ1v) is 8.01. The first kappa shape index (κ1) is 15.7. The normalized spacial score (nSPS) is 18.6. The number of aryl methyl sites for hydroxylation is 1. The zero-order chi connectivity index (χ0) is 14.4. The highest BCUT2D eigenvalue weighted by molar-refractivity contribution is 7.15. The van der Waals surface area contributed by atoms with E-state index >= 15 is 0 Å². The topological polar surface area (TPSA) is 46.6 Å². The van der Waals surface area contributed by atoms with Crippen molar-refractivity contribution < 1.29 is 9.47 Å². The summed E-state index contributed by atoms with van der Waals surface area (Å²) < 4.78 is 10.7. The smallest absolute Gasteiger partial charge is 0.185 e. The molecule has 6 heteroatoms. The molecule has 0 amide bonds. The lowest BCUT2D eigenvalue weighted by Crippen LogP contribution is -2.28. The molecule has 1 atom stereocenters. The lowest BCUT2D eigenvalue weighted by Gasteiger charge is -2.19. The lowest BCUT2D eigenvalue weighted by atomic mass is 10.2. The van der Waals surface area contributed by atoms with E-state index in [-0.39, 0.29) is 0 Å². The van der Waals surface area contributed by atoms with Gasteiger partial charge in [0, 0.05) is 45.3 Å². The summed E-state index contributed by atoms with van der Waals surface area (Å²) in [5.41, 5.74) is 1.12. The fraction of sp³-hybridized carbons (Fsp3) is 0.786. The van der Waals surface area contributed by atoms with Crippen molar-refractivity contribution in [3.63, 3.8) is 0 Å². The summed E-state index contributed by atoms with van der Waals surface area (Å²) in [6.07, 6.45) is 2.72. The Morgan fingerprint density at radius 2 is 2.40 bits per heavy atom.